The highest BCUT2D eigenvalue weighted by Gasteiger charge is 2.13. The second kappa shape index (κ2) is 7.63. The van der Waals surface area contributed by atoms with Crippen LogP contribution in [0.15, 0.2) is 68.8 Å². The molecule has 2 heterocycles. The van der Waals surface area contributed by atoms with Crippen LogP contribution in [-0.2, 0) is 16.1 Å². The normalized spacial score (nSPS) is 11.0. The zero-order valence-electron chi connectivity index (χ0n) is 13.9. The molecule has 6 nitrogen and oxygen atoms in total. The van der Waals surface area contributed by atoms with Gasteiger partial charge < -0.3 is 13.7 Å². The summed E-state index contributed by atoms with van der Waals surface area (Å²) in [5.74, 6) is -0.533. The van der Waals surface area contributed by atoms with E-state index in [1.165, 1.54) is 6.07 Å². The highest BCUT2D eigenvalue weighted by Crippen LogP contribution is 2.24. The van der Waals surface area contributed by atoms with Gasteiger partial charge in [-0.3, -0.25) is 4.79 Å². The number of rotatable bonds is 6. The topological polar surface area (TPSA) is 78.4 Å². The predicted molar refractivity (Wildman–Crippen MR) is 96.4 cm³/mol. The molecule has 0 saturated carbocycles. The molecule has 0 aliphatic carbocycles. The van der Waals surface area contributed by atoms with Gasteiger partial charge in [0.05, 0.1) is 5.56 Å². The molecule has 0 amide bonds. The van der Waals surface area contributed by atoms with Crippen molar-refractivity contribution < 1.29 is 22.9 Å². The Morgan fingerprint density at radius 1 is 1.15 bits per heavy atom. The summed E-state index contributed by atoms with van der Waals surface area (Å²) in [6, 6.07) is 15.1. The van der Waals surface area contributed by atoms with Crippen LogP contribution in [0.1, 0.15) is 5.69 Å². The van der Waals surface area contributed by atoms with Gasteiger partial charge in [0.15, 0.2) is 11.3 Å². The summed E-state index contributed by atoms with van der Waals surface area (Å²) < 4.78 is 29.5. The van der Waals surface area contributed by atoms with Gasteiger partial charge in [-0.15, -0.1) is 0 Å². The number of fused-ring (bicyclic) bond motifs is 1. The number of carbonyl (C=O) groups excluding carboxylic acids is 1. The van der Waals surface area contributed by atoms with Crippen molar-refractivity contribution in [2.24, 2.45) is 0 Å². The third-order valence-corrected chi connectivity index (χ3v) is 4.47. The summed E-state index contributed by atoms with van der Waals surface area (Å²) in [4.78, 5) is 16.2. The minimum atomic E-state index is -0.447. The van der Waals surface area contributed by atoms with Crippen LogP contribution < -0.4 is 0 Å². The zero-order chi connectivity index (χ0) is 18.6. The number of para-hydroxylation sites is 2. The lowest BCUT2D eigenvalue weighted by molar-refractivity contribution is -0.141. The fourth-order valence-electron chi connectivity index (χ4n) is 2.40. The van der Waals surface area contributed by atoms with Gasteiger partial charge in [0.2, 0.25) is 0 Å². The van der Waals surface area contributed by atoms with Crippen LogP contribution in [0, 0.1) is 5.82 Å². The van der Waals surface area contributed by atoms with Crippen LogP contribution in [0.4, 0.5) is 4.39 Å². The third kappa shape index (κ3) is 4.01. The van der Waals surface area contributed by atoms with E-state index >= 15 is 0 Å². The molecule has 0 atom stereocenters. The highest BCUT2D eigenvalue weighted by atomic mass is 32.2. The first-order chi connectivity index (χ1) is 13.2. The first-order valence-electron chi connectivity index (χ1n) is 8.03. The molecule has 0 aliphatic rings. The Kier molecular flexibility index (Phi) is 4.88. The fourth-order valence-corrected chi connectivity index (χ4v) is 3.03. The maximum atomic E-state index is 13.7. The molecule has 4 aromatic rings. The summed E-state index contributed by atoms with van der Waals surface area (Å²) in [6.07, 6.45) is 0. The maximum Gasteiger partial charge on any atom is 0.316 e. The molecule has 0 N–H and O–H groups in total. The lowest BCUT2D eigenvalue weighted by Crippen LogP contribution is -2.07. The standard InChI is InChI=1S/C19H13FN2O4S/c20-14-6-2-1-5-13(14)17-9-12(22-26-17)10-24-18(23)11-27-19-21-15-7-3-4-8-16(15)25-19/h1-9H,10-11H2. The molecule has 0 bridgehead atoms. The summed E-state index contributed by atoms with van der Waals surface area (Å²) in [5.41, 5.74) is 2.09. The predicted octanol–water partition coefficient (Wildman–Crippen LogP) is 4.46. The zero-order valence-corrected chi connectivity index (χ0v) is 14.7. The largest absolute Gasteiger partial charge is 0.458 e. The number of hydrogen-bond donors (Lipinski definition) is 0. The van der Waals surface area contributed by atoms with E-state index in [0.717, 1.165) is 17.3 Å². The number of aromatic nitrogens is 2. The Hall–Kier alpha value is -3.13. The molecule has 136 valence electrons. The monoisotopic (exact) mass is 384 g/mol. The van der Waals surface area contributed by atoms with E-state index in [0.29, 0.717) is 22.1 Å². The van der Waals surface area contributed by atoms with Crippen LogP contribution >= 0.6 is 11.8 Å². The van der Waals surface area contributed by atoms with Crippen LogP contribution in [0.3, 0.4) is 0 Å². The van der Waals surface area contributed by atoms with Crippen molar-refractivity contribution in [2.45, 2.75) is 11.8 Å². The minimum Gasteiger partial charge on any atom is -0.458 e. The van der Waals surface area contributed by atoms with E-state index < -0.39 is 11.8 Å². The average molecular weight is 384 g/mol. The Morgan fingerprint density at radius 3 is 2.81 bits per heavy atom. The third-order valence-electron chi connectivity index (χ3n) is 3.67. The number of thioether (sulfide) groups is 1. The van der Waals surface area contributed by atoms with E-state index in [1.54, 1.807) is 24.3 Å². The molecule has 0 spiro atoms. The van der Waals surface area contributed by atoms with E-state index in [9.17, 15) is 9.18 Å². The molecule has 0 saturated heterocycles. The van der Waals surface area contributed by atoms with Crippen molar-refractivity contribution in [3.8, 4) is 11.3 Å². The van der Waals surface area contributed by atoms with Gasteiger partial charge in [0.1, 0.15) is 29.4 Å². The number of halogens is 1. The number of oxazole rings is 1. The van der Waals surface area contributed by atoms with E-state index in [2.05, 4.69) is 10.1 Å². The number of esters is 1. The van der Waals surface area contributed by atoms with Crippen molar-refractivity contribution in [3.05, 3.63) is 66.1 Å². The molecule has 0 fully saturated rings. The Morgan fingerprint density at radius 2 is 1.96 bits per heavy atom. The van der Waals surface area contributed by atoms with Crippen molar-refractivity contribution >= 4 is 28.8 Å². The number of nitrogens with zero attached hydrogens (tertiary/aromatic N) is 2. The van der Waals surface area contributed by atoms with Gasteiger partial charge in [-0.05, 0) is 24.3 Å². The van der Waals surface area contributed by atoms with Crippen LogP contribution in [-0.4, -0.2) is 21.9 Å². The summed E-state index contributed by atoms with van der Waals surface area (Å²) in [7, 11) is 0. The fraction of sp³-hybridized carbons (Fsp3) is 0.105. The first-order valence-corrected chi connectivity index (χ1v) is 9.02. The highest BCUT2D eigenvalue weighted by molar-refractivity contribution is 7.99. The van der Waals surface area contributed by atoms with Gasteiger partial charge in [0.25, 0.3) is 5.22 Å². The number of carbonyl (C=O) groups is 1. The maximum absolute atomic E-state index is 13.7. The van der Waals surface area contributed by atoms with Crippen LogP contribution in [0.2, 0.25) is 0 Å². The molecule has 0 radical (unpaired) electrons. The quantitative estimate of drug-likeness (QED) is 0.359. The lowest BCUT2D eigenvalue weighted by Gasteiger charge is -2.00. The van der Waals surface area contributed by atoms with Crippen LogP contribution in [0.25, 0.3) is 22.4 Å². The molecule has 4 rings (SSSR count). The number of ether oxygens (including phenoxy) is 1. The van der Waals surface area contributed by atoms with Gasteiger partial charge in [-0.25, -0.2) is 9.37 Å². The molecule has 0 aliphatic heterocycles. The number of benzene rings is 2. The molecule has 27 heavy (non-hydrogen) atoms. The second-order valence-corrected chi connectivity index (χ2v) is 6.49. The van der Waals surface area contributed by atoms with Gasteiger partial charge >= 0.3 is 5.97 Å². The van der Waals surface area contributed by atoms with E-state index in [-0.39, 0.29) is 18.1 Å². The molecular formula is C19H13FN2O4S. The van der Waals surface area contributed by atoms with Gasteiger partial charge in [-0.1, -0.05) is 41.2 Å². The minimum absolute atomic E-state index is 0.0465. The van der Waals surface area contributed by atoms with Crippen molar-refractivity contribution in [3.63, 3.8) is 0 Å². The smallest absolute Gasteiger partial charge is 0.316 e. The molecule has 8 heteroatoms. The Bertz CT molecular complexity index is 1060. The summed E-state index contributed by atoms with van der Waals surface area (Å²) in [5, 5.41) is 4.20. The second-order valence-electron chi connectivity index (χ2n) is 5.56. The van der Waals surface area contributed by atoms with E-state index in [1.807, 2.05) is 24.3 Å². The van der Waals surface area contributed by atoms with Crippen molar-refractivity contribution in [2.75, 3.05) is 5.75 Å². The molecule has 2 aromatic heterocycles. The van der Waals surface area contributed by atoms with Crippen molar-refractivity contribution in [1.29, 1.82) is 0 Å². The first kappa shape index (κ1) is 17.3. The summed E-state index contributed by atoms with van der Waals surface area (Å²) in [6.45, 7) is -0.0646. The molecular weight excluding hydrogens is 371 g/mol. The molecule has 2 aromatic carbocycles. The Labute approximate surface area is 157 Å². The van der Waals surface area contributed by atoms with Crippen LogP contribution in [0.5, 0.6) is 0 Å². The summed E-state index contributed by atoms with van der Waals surface area (Å²) >= 11 is 1.15. The van der Waals surface area contributed by atoms with Gasteiger partial charge in [0, 0.05) is 6.07 Å². The van der Waals surface area contributed by atoms with E-state index in [4.69, 9.17) is 13.7 Å². The lowest BCUT2D eigenvalue weighted by atomic mass is 10.1. The number of hydrogen-bond acceptors (Lipinski definition) is 7. The molecule has 0 unspecified atom stereocenters. The Balaban J connectivity index is 1.31. The SMILES string of the molecule is O=C(CSc1nc2ccccc2o1)OCc1cc(-c2ccccc2F)on1. The average Bonchev–Trinajstić information content (AvgIpc) is 3.31. The van der Waals surface area contributed by atoms with Crippen molar-refractivity contribution in [1.82, 2.24) is 10.1 Å². The van der Waals surface area contributed by atoms with Gasteiger partial charge in [-0.2, -0.15) is 0 Å².